The van der Waals surface area contributed by atoms with Crippen LogP contribution in [0.25, 0.3) is 0 Å². The van der Waals surface area contributed by atoms with Gasteiger partial charge >= 0.3 is 12.3 Å². The first-order valence-electron chi connectivity index (χ1n) is 9.63. The number of carbonyl (C=O) groups is 3. The number of rotatable bonds is 8. The van der Waals surface area contributed by atoms with Gasteiger partial charge in [0.2, 0.25) is 0 Å². The van der Waals surface area contributed by atoms with Crippen molar-refractivity contribution in [2.45, 2.75) is 12.6 Å². The summed E-state index contributed by atoms with van der Waals surface area (Å²) in [5, 5.41) is 9.02. The fourth-order valence-electron chi connectivity index (χ4n) is 2.64. The molecule has 0 aliphatic heterocycles. The van der Waals surface area contributed by atoms with Crippen LogP contribution in [0, 0.1) is 17.2 Å². The minimum atomic E-state index is -4.56. The molecule has 0 aromatic heterocycles. The van der Waals surface area contributed by atoms with Crippen LogP contribution < -0.4 is 9.47 Å². The molecule has 2 rings (SSSR count). The number of amides is 2. The number of Topliss-reactive ketones (excluding diaryl/α,β-unsaturated/α-hetero) is 1. The average Bonchev–Trinajstić information content (AvgIpc) is 2.80. The van der Waals surface area contributed by atoms with Crippen LogP contribution in [0.15, 0.2) is 36.4 Å². The molecule has 1 atom stereocenters. The summed E-state index contributed by atoms with van der Waals surface area (Å²) in [4.78, 5) is 36.4. The molecule has 13 heteroatoms. The Bertz CT molecular complexity index is 1170. The summed E-state index contributed by atoms with van der Waals surface area (Å²) >= 11 is 12.0. The number of halogens is 5. The summed E-state index contributed by atoms with van der Waals surface area (Å²) in [5.74, 6) is -3.45. The van der Waals surface area contributed by atoms with Crippen molar-refractivity contribution in [3.63, 3.8) is 0 Å². The van der Waals surface area contributed by atoms with Crippen LogP contribution >= 0.6 is 23.2 Å². The van der Waals surface area contributed by atoms with E-state index in [0.29, 0.717) is 4.90 Å². The molecule has 2 aromatic carbocycles. The topological polar surface area (TPSA) is 106 Å². The second kappa shape index (κ2) is 11.8. The molecule has 0 saturated heterocycles. The number of hydrogen-bond donors (Lipinski definition) is 0. The number of methoxy groups -OCH3 is 1. The third kappa shape index (κ3) is 7.24. The summed E-state index contributed by atoms with van der Waals surface area (Å²) in [6.45, 7) is -0.281. The molecule has 0 heterocycles. The Morgan fingerprint density at radius 1 is 1.09 bits per heavy atom. The first kappa shape index (κ1) is 27.8. The van der Waals surface area contributed by atoms with Gasteiger partial charge in [-0.15, -0.1) is 0 Å². The number of nitrogens with zero attached hydrogens (tertiary/aromatic N) is 2. The van der Waals surface area contributed by atoms with E-state index in [0.717, 1.165) is 32.4 Å². The van der Waals surface area contributed by atoms with Gasteiger partial charge in [0.05, 0.1) is 35.4 Å². The van der Waals surface area contributed by atoms with Gasteiger partial charge in [0.1, 0.15) is 17.2 Å². The number of hydrogen-bond acceptors (Lipinski definition) is 7. The number of imide groups is 1. The molecule has 2 aromatic rings. The lowest BCUT2D eigenvalue weighted by Crippen LogP contribution is -2.40. The van der Waals surface area contributed by atoms with E-state index in [9.17, 15) is 27.6 Å². The summed E-state index contributed by atoms with van der Waals surface area (Å²) in [5.41, 5.74) is -0.938. The van der Waals surface area contributed by atoms with Gasteiger partial charge in [-0.2, -0.15) is 18.4 Å². The molecule has 0 radical (unpaired) electrons. The van der Waals surface area contributed by atoms with Gasteiger partial charge in [-0.1, -0.05) is 23.2 Å². The lowest BCUT2D eigenvalue weighted by atomic mass is 10.0. The van der Waals surface area contributed by atoms with Crippen molar-refractivity contribution in [1.82, 2.24) is 4.90 Å². The predicted octanol–water partition coefficient (Wildman–Crippen LogP) is 5.51. The largest absolute Gasteiger partial charge is 0.491 e. The molecule has 0 spiro atoms. The van der Waals surface area contributed by atoms with Crippen molar-refractivity contribution in [2.24, 2.45) is 5.92 Å². The zero-order valence-corrected chi connectivity index (χ0v) is 19.7. The van der Waals surface area contributed by atoms with Crippen molar-refractivity contribution in [2.75, 3.05) is 20.8 Å². The Morgan fingerprint density at radius 2 is 1.77 bits per heavy atom. The highest BCUT2D eigenvalue weighted by Gasteiger charge is 2.32. The van der Waals surface area contributed by atoms with Crippen molar-refractivity contribution in [1.29, 1.82) is 5.26 Å². The zero-order chi connectivity index (χ0) is 26.3. The van der Waals surface area contributed by atoms with Gasteiger partial charge < -0.3 is 14.2 Å². The molecule has 2 amide bonds. The molecule has 0 aliphatic carbocycles. The molecule has 0 N–H and O–H groups in total. The summed E-state index contributed by atoms with van der Waals surface area (Å²) in [6, 6.07) is 8.26. The Kier molecular flexibility index (Phi) is 9.33. The smallest absolute Gasteiger partial charge is 0.416 e. The summed E-state index contributed by atoms with van der Waals surface area (Å²) < 4.78 is 53.7. The molecule has 35 heavy (non-hydrogen) atoms. The number of ether oxygens (including phenoxy) is 3. The van der Waals surface area contributed by atoms with E-state index in [1.807, 2.05) is 0 Å². The molecule has 0 bridgehead atoms. The van der Waals surface area contributed by atoms with Gasteiger partial charge in [-0.05, 0) is 30.3 Å². The maximum absolute atomic E-state index is 12.8. The second-order valence-corrected chi connectivity index (χ2v) is 7.65. The minimum Gasteiger partial charge on any atom is -0.491 e. The number of alkyl halides is 3. The van der Waals surface area contributed by atoms with Crippen molar-refractivity contribution >= 4 is 41.0 Å². The van der Waals surface area contributed by atoms with Crippen LogP contribution in [0.4, 0.5) is 18.0 Å². The van der Waals surface area contributed by atoms with Gasteiger partial charge in [0.15, 0.2) is 11.7 Å². The second-order valence-electron chi connectivity index (χ2n) is 6.83. The van der Waals surface area contributed by atoms with E-state index < -0.39 is 35.4 Å². The first-order chi connectivity index (χ1) is 16.4. The number of ketones is 1. The number of benzene rings is 2. The third-order valence-electron chi connectivity index (χ3n) is 4.47. The van der Waals surface area contributed by atoms with Crippen LogP contribution in [0.3, 0.4) is 0 Å². The lowest BCUT2D eigenvalue weighted by Gasteiger charge is -2.16. The fourth-order valence-corrected chi connectivity index (χ4v) is 3.03. The SMILES string of the molecule is COC(=O)N(C)C(=O)C(C#N)C(=O)CCOc1cc(Oc2ccc(C(F)(F)F)cc2Cl)ccc1Cl. The third-order valence-corrected chi connectivity index (χ3v) is 5.08. The van der Waals surface area contributed by atoms with E-state index >= 15 is 0 Å². The number of nitriles is 1. The maximum Gasteiger partial charge on any atom is 0.416 e. The Labute approximate surface area is 207 Å². The quantitative estimate of drug-likeness (QED) is 0.412. The Balaban J connectivity index is 2.05. The van der Waals surface area contributed by atoms with E-state index in [-0.39, 0.29) is 40.3 Å². The van der Waals surface area contributed by atoms with Crippen molar-refractivity contribution in [3.05, 3.63) is 52.0 Å². The number of carbonyl (C=O) groups excluding carboxylic acids is 3. The van der Waals surface area contributed by atoms with E-state index in [4.69, 9.17) is 37.9 Å². The van der Waals surface area contributed by atoms with E-state index in [2.05, 4.69) is 4.74 Å². The average molecular weight is 533 g/mol. The highest BCUT2D eigenvalue weighted by molar-refractivity contribution is 6.32. The predicted molar refractivity (Wildman–Crippen MR) is 117 cm³/mol. The summed E-state index contributed by atoms with van der Waals surface area (Å²) in [7, 11) is 2.10. The van der Waals surface area contributed by atoms with Gasteiger partial charge in [-0.25, -0.2) is 9.69 Å². The molecule has 0 saturated carbocycles. The monoisotopic (exact) mass is 532 g/mol. The molecule has 0 fully saturated rings. The molecule has 0 aliphatic rings. The van der Waals surface area contributed by atoms with Crippen LogP contribution in [0.2, 0.25) is 10.0 Å². The zero-order valence-electron chi connectivity index (χ0n) is 18.2. The minimum absolute atomic E-state index is 0.0479. The van der Waals surface area contributed by atoms with Gasteiger partial charge in [0, 0.05) is 19.5 Å². The normalized spacial score (nSPS) is 11.7. The van der Waals surface area contributed by atoms with Crippen LogP contribution in [0.1, 0.15) is 12.0 Å². The highest BCUT2D eigenvalue weighted by atomic mass is 35.5. The van der Waals surface area contributed by atoms with Crippen LogP contribution in [0.5, 0.6) is 17.2 Å². The van der Waals surface area contributed by atoms with Gasteiger partial charge in [0.25, 0.3) is 5.91 Å². The van der Waals surface area contributed by atoms with Crippen LogP contribution in [-0.2, 0) is 20.5 Å². The molecular weight excluding hydrogens is 516 g/mol. The lowest BCUT2D eigenvalue weighted by molar-refractivity contribution is -0.138. The van der Waals surface area contributed by atoms with Crippen LogP contribution in [-0.4, -0.2) is 43.4 Å². The fraction of sp³-hybridized carbons (Fsp3) is 0.273. The highest BCUT2D eigenvalue weighted by Crippen LogP contribution is 2.38. The summed E-state index contributed by atoms with van der Waals surface area (Å²) in [6.07, 6.45) is -5.97. The van der Waals surface area contributed by atoms with Crippen molar-refractivity contribution in [3.8, 4) is 23.3 Å². The molecule has 1 unspecified atom stereocenters. The van der Waals surface area contributed by atoms with Crippen molar-refractivity contribution < 1.29 is 41.8 Å². The first-order valence-corrected chi connectivity index (χ1v) is 10.4. The van der Waals surface area contributed by atoms with E-state index in [1.54, 1.807) is 6.07 Å². The maximum atomic E-state index is 12.8. The molecule has 8 nitrogen and oxygen atoms in total. The Hall–Kier alpha value is -3.49. The standard InChI is InChI=1S/C22H17Cl2F3N2O6/c1-29(21(32)33-2)20(31)14(11-28)17(30)7-8-34-19-10-13(4-5-15(19)23)35-18-6-3-12(9-16(18)24)22(25,26)27/h3-6,9-10,14H,7-8H2,1-2H3. The molecular formula is C22H17Cl2F3N2O6. The Morgan fingerprint density at radius 3 is 2.34 bits per heavy atom. The molecule has 186 valence electrons. The van der Waals surface area contributed by atoms with E-state index in [1.165, 1.54) is 18.2 Å². The van der Waals surface area contributed by atoms with Gasteiger partial charge in [-0.3, -0.25) is 9.59 Å².